The average molecular weight is 292 g/mol. The minimum atomic E-state index is -0.392. The van der Waals surface area contributed by atoms with Gasteiger partial charge in [0.1, 0.15) is 5.69 Å². The molecule has 7 nitrogen and oxygen atoms in total. The number of carbonyl (C=O) groups is 1. The Morgan fingerprint density at radius 2 is 2.14 bits per heavy atom. The number of rotatable bonds is 4. The van der Waals surface area contributed by atoms with Crippen LogP contribution >= 0.6 is 0 Å². The lowest BCUT2D eigenvalue weighted by Crippen LogP contribution is -2.34. The van der Waals surface area contributed by atoms with Crippen molar-refractivity contribution in [2.24, 2.45) is 0 Å². The number of nitrogens with one attached hydrogen (secondary N) is 1. The maximum Gasteiger partial charge on any atom is 0.292 e. The van der Waals surface area contributed by atoms with Crippen molar-refractivity contribution in [3.8, 4) is 0 Å². The molecule has 0 unspecified atom stereocenters. The first-order chi connectivity index (χ1) is 10.0. The van der Waals surface area contributed by atoms with E-state index in [4.69, 9.17) is 0 Å². The van der Waals surface area contributed by atoms with Gasteiger partial charge >= 0.3 is 0 Å². The van der Waals surface area contributed by atoms with Crippen LogP contribution in [0.4, 0.5) is 11.4 Å². The lowest BCUT2D eigenvalue weighted by Gasteiger charge is -2.20. The Balaban J connectivity index is 2.21. The Morgan fingerprint density at radius 3 is 2.81 bits per heavy atom. The Kier molecular flexibility index (Phi) is 4.74. The topological polar surface area (TPSA) is 78.7 Å². The van der Waals surface area contributed by atoms with Crippen molar-refractivity contribution < 1.29 is 9.72 Å². The first-order valence-corrected chi connectivity index (χ1v) is 6.93. The number of nitrogens with zero attached hydrogens (tertiary/aromatic N) is 3. The summed E-state index contributed by atoms with van der Waals surface area (Å²) in [5.41, 5.74) is 1.42. The van der Waals surface area contributed by atoms with E-state index in [2.05, 4.69) is 5.32 Å². The molecule has 1 aliphatic heterocycles. The summed E-state index contributed by atoms with van der Waals surface area (Å²) >= 11 is 0. The number of para-hydroxylation sites is 1. The highest BCUT2D eigenvalue weighted by molar-refractivity contribution is 5.78. The molecule has 1 N–H and O–H groups in total. The summed E-state index contributed by atoms with van der Waals surface area (Å²) < 4.78 is 0. The second-order valence-corrected chi connectivity index (χ2v) is 5.20. The van der Waals surface area contributed by atoms with Crippen LogP contribution in [0, 0.1) is 10.1 Å². The molecule has 21 heavy (non-hydrogen) atoms. The molecule has 0 aliphatic carbocycles. The number of likely N-dealkylation sites (N-methyl/N-ethyl adjacent to an activating group) is 1. The van der Waals surface area contributed by atoms with Gasteiger partial charge in [-0.05, 0) is 12.0 Å². The molecule has 0 saturated carbocycles. The van der Waals surface area contributed by atoms with E-state index in [0.29, 0.717) is 18.8 Å². The van der Waals surface area contributed by atoms with E-state index >= 15 is 0 Å². The molecule has 0 spiro atoms. The van der Waals surface area contributed by atoms with Crippen molar-refractivity contribution >= 4 is 17.3 Å². The van der Waals surface area contributed by atoms with E-state index in [-0.39, 0.29) is 11.6 Å². The maximum atomic E-state index is 11.9. The molecule has 114 valence electrons. The molecule has 0 aromatic heterocycles. The highest BCUT2D eigenvalue weighted by Gasteiger charge is 2.22. The molecular weight excluding hydrogens is 272 g/mol. The molecule has 1 fully saturated rings. The van der Waals surface area contributed by atoms with Crippen LogP contribution in [0.25, 0.3) is 0 Å². The summed E-state index contributed by atoms with van der Waals surface area (Å²) in [6, 6.07) is 5.02. The van der Waals surface area contributed by atoms with Gasteiger partial charge in [-0.3, -0.25) is 19.8 Å². The first kappa shape index (κ1) is 15.2. The van der Waals surface area contributed by atoms with E-state index in [1.807, 2.05) is 11.0 Å². The molecule has 1 aromatic rings. The van der Waals surface area contributed by atoms with Gasteiger partial charge in [0.25, 0.3) is 5.69 Å². The fourth-order valence-electron chi connectivity index (χ4n) is 2.58. The van der Waals surface area contributed by atoms with Crippen LogP contribution in [0.15, 0.2) is 18.2 Å². The minimum absolute atomic E-state index is 0.0632. The Labute approximate surface area is 123 Å². The minimum Gasteiger partial charge on any atom is -0.382 e. The third-order valence-corrected chi connectivity index (χ3v) is 3.72. The van der Waals surface area contributed by atoms with Gasteiger partial charge in [-0.2, -0.15) is 0 Å². The van der Waals surface area contributed by atoms with Crippen LogP contribution in [0.1, 0.15) is 12.0 Å². The SMILES string of the molecule is CNc1c(CN2CCCN(C)C(=O)C2)cccc1[N+](=O)[O-]. The lowest BCUT2D eigenvalue weighted by atomic mass is 10.1. The van der Waals surface area contributed by atoms with Crippen LogP contribution in [0.5, 0.6) is 0 Å². The highest BCUT2D eigenvalue weighted by atomic mass is 16.6. The first-order valence-electron chi connectivity index (χ1n) is 6.93. The van der Waals surface area contributed by atoms with E-state index in [9.17, 15) is 14.9 Å². The largest absolute Gasteiger partial charge is 0.382 e. The zero-order chi connectivity index (χ0) is 15.4. The van der Waals surface area contributed by atoms with Gasteiger partial charge in [0.05, 0.1) is 11.5 Å². The molecule has 2 rings (SSSR count). The number of carbonyl (C=O) groups excluding carboxylic acids is 1. The summed E-state index contributed by atoms with van der Waals surface area (Å²) in [5, 5.41) is 14.0. The second kappa shape index (κ2) is 6.53. The van der Waals surface area contributed by atoms with Gasteiger partial charge < -0.3 is 10.2 Å². The number of nitro benzene ring substituents is 1. The monoisotopic (exact) mass is 292 g/mol. The molecule has 1 aromatic carbocycles. The van der Waals surface area contributed by atoms with E-state index < -0.39 is 4.92 Å². The van der Waals surface area contributed by atoms with Gasteiger partial charge in [0, 0.05) is 39.8 Å². The van der Waals surface area contributed by atoms with Crippen molar-refractivity contribution in [1.82, 2.24) is 9.80 Å². The summed E-state index contributed by atoms with van der Waals surface area (Å²) in [4.78, 5) is 26.3. The lowest BCUT2D eigenvalue weighted by molar-refractivity contribution is -0.384. The van der Waals surface area contributed by atoms with Crippen molar-refractivity contribution in [2.75, 3.05) is 39.0 Å². The predicted molar refractivity (Wildman–Crippen MR) is 80.2 cm³/mol. The van der Waals surface area contributed by atoms with E-state index in [1.165, 1.54) is 6.07 Å². The van der Waals surface area contributed by atoms with Crippen LogP contribution in [-0.2, 0) is 11.3 Å². The van der Waals surface area contributed by atoms with E-state index in [0.717, 1.165) is 25.1 Å². The Morgan fingerprint density at radius 1 is 1.38 bits per heavy atom. The zero-order valence-electron chi connectivity index (χ0n) is 12.3. The van der Waals surface area contributed by atoms with Gasteiger partial charge in [-0.15, -0.1) is 0 Å². The van der Waals surface area contributed by atoms with Crippen molar-refractivity contribution in [2.45, 2.75) is 13.0 Å². The van der Waals surface area contributed by atoms with Crippen molar-refractivity contribution in [3.05, 3.63) is 33.9 Å². The maximum absolute atomic E-state index is 11.9. The fraction of sp³-hybridized carbons (Fsp3) is 0.500. The van der Waals surface area contributed by atoms with Gasteiger partial charge in [-0.1, -0.05) is 12.1 Å². The average Bonchev–Trinajstić information content (AvgIpc) is 2.60. The van der Waals surface area contributed by atoms with Crippen LogP contribution in [0.2, 0.25) is 0 Å². The quantitative estimate of drug-likeness (QED) is 0.668. The highest BCUT2D eigenvalue weighted by Crippen LogP contribution is 2.28. The summed E-state index contributed by atoms with van der Waals surface area (Å²) in [7, 11) is 3.48. The molecule has 7 heteroatoms. The van der Waals surface area contributed by atoms with Gasteiger partial charge in [0.15, 0.2) is 0 Å². The third kappa shape index (κ3) is 3.49. The molecule has 1 aliphatic rings. The number of anilines is 1. The van der Waals surface area contributed by atoms with Crippen molar-refractivity contribution in [1.29, 1.82) is 0 Å². The number of hydrogen-bond acceptors (Lipinski definition) is 5. The number of hydrogen-bond donors (Lipinski definition) is 1. The van der Waals surface area contributed by atoms with Gasteiger partial charge in [-0.25, -0.2) is 0 Å². The van der Waals surface area contributed by atoms with Crippen LogP contribution < -0.4 is 5.32 Å². The van der Waals surface area contributed by atoms with Crippen LogP contribution in [-0.4, -0.2) is 54.4 Å². The summed E-state index contributed by atoms with van der Waals surface area (Å²) in [5.74, 6) is 0.0870. The predicted octanol–water partition coefficient (Wildman–Crippen LogP) is 1.30. The molecule has 0 bridgehead atoms. The molecule has 0 atom stereocenters. The van der Waals surface area contributed by atoms with Gasteiger partial charge in [0.2, 0.25) is 5.91 Å². The molecule has 1 amide bonds. The Hall–Kier alpha value is -2.15. The summed E-state index contributed by atoms with van der Waals surface area (Å²) in [6.45, 7) is 2.44. The molecular formula is C14H20N4O3. The standard InChI is InChI=1S/C14H20N4O3/c1-15-14-11(5-3-6-12(14)18(20)21)9-17-8-4-7-16(2)13(19)10-17/h3,5-6,15H,4,7-10H2,1-2H3. The fourth-order valence-corrected chi connectivity index (χ4v) is 2.58. The normalized spacial score (nSPS) is 16.7. The van der Waals surface area contributed by atoms with E-state index in [1.54, 1.807) is 25.1 Å². The van der Waals surface area contributed by atoms with Crippen LogP contribution in [0.3, 0.4) is 0 Å². The zero-order valence-corrected chi connectivity index (χ0v) is 12.3. The third-order valence-electron chi connectivity index (χ3n) is 3.72. The number of nitro groups is 1. The number of benzene rings is 1. The number of amides is 1. The van der Waals surface area contributed by atoms with Crippen molar-refractivity contribution in [3.63, 3.8) is 0 Å². The smallest absolute Gasteiger partial charge is 0.292 e. The summed E-state index contributed by atoms with van der Waals surface area (Å²) in [6.07, 6.45) is 0.909. The Bertz CT molecular complexity index is 547. The second-order valence-electron chi connectivity index (χ2n) is 5.20. The molecule has 1 saturated heterocycles. The molecule has 0 radical (unpaired) electrons. The molecule has 1 heterocycles.